The fourth-order valence-corrected chi connectivity index (χ4v) is 3.20. The van der Waals surface area contributed by atoms with Gasteiger partial charge in [0.2, 0.25) is 0 Å². The molecule has 1 saturated heterocycles. The van der Waals surface area contributed by atoms with Gasteiger partial charge in [-0.2, -0.15) is 0 Å². The molecule has 1 aromatic heterocycles. The van der Waals surface area contributed by atoms with Crippen LogP contribution in [0.4, 0.5) is 0 Å². The molecule has 1 aromatic carbocycles. The quantitative estimate of drug-likeness (QED) is 0.884. The van der Waals surface area contributed by atoms with Crippen LogP contribution in [-0.4, -0.2) is 41.6 Å². The number of nitrogens with one attached hydrogen (secondary N) is 2. The van der Waals surface area contributed by atoms with Gasteiger partial charge in [-0.05, 0) is 31.9 Å². The number of benzene rings is 1. The molecule has 0 saturated carbocycles. The minimum Gasteiger partial charge on any atom is -0.361 e. The minimum atomic E-state index is 0.633. The summed E-state index contributed by atoms with van der Waals surface area (Å²) in [7, 11) is 0. The molecule has 2 N–H and O–H groups in total. The van der Waals surface area contributed by atoms with E-state index in [1.807, 2.05) is 0 Å². The second-order valence-electron chi connectivity index (χ2n) is 5.70. The number of para-hydroxylation sites is 1. The zero-order valence-electron chi connectivity index (χ0n) is 11.8. The van der Waals surface area contributed by atoms with E-state index in [1.165, 1.54) is 16.5 Å². The predicted molar refractivity (Wildman–Crippen MR) is 80.5 cm³/mol. The van der Waals surface area contributed by atoms with Gasteiger partial charge in [-0.25, -0.2) is 0 Å². The Kier molecular flexibility index (Phi) is 3.58. The Morgan fingerprint density at radius 1 is 1.16 bits per heavy atom. The summed E-state index contributed by atoms with van der Waals surface area (Å²) in [6.07, 6.45) is 3.29. The van der Waals surface area contributed by atoms with Crippen molar-refractivity contribution in [3.8, 4) is 0 Å². The van der Waals surface area contributed by atoms with Gasteiger partial charge >= 0.3 is 0 Å². The summed E-state index contributed by atoms with van der Waals surface area (Å²) in [5.41, 5.74) is 2.69. The number of hydrogen-bond acceptors (Lipinski definition) is 2. The Balaban J connectivity index is 1.71. The standard InChI is InChI=1S/C16H23N3/c1-12-9-17-10-13(2)19(12)8-7-14-11-18-16-6-4-3-5-15(14)16/h3-6,11-13,17-18H,7-10H2,1-2H3. The highest BCUT2D eigenvalue weighted by Crippen LogP contribution is 2.19. The molecule has 2 unspecified atom stereocenters. The molecule has 0 amide bonds. The van der Waals surface area contributed by atoms with Crippen molar-refractivity contribution in [2.24, 2.45) is 0 Å². The molecule has 19 heavy (non-hydrogen) atoms. The third kappa shape index (κ3) is 2.53. The fourth-order valence-electron chi connectivity index (χ4n) is 3.20. The van der Waals surface area contributed by atoms with E-state index in [0.717, 1.165) is 26.1 Å². The molecule has 102 valence electrons. The lowest BCUT2D eigenvalue weighted by Gasteiger charge is -2.39. The van der Waals surface area contributed by atoms with Gasteiger partial charge in [0.1, 0.15) is 0 Å². The molecule has 3 rings (SSSR count). The number of rotatable bonds is 3. The topological polar surface area (TPSA) is 31.1 Å². The number of fused-ring (bicyclic) bond motifs is 1. The van der Waals surface area contributed by atoms with Gasteiger partial charge in [0, 0.05) is 48.8 Å². The summed E-state index contributed by atoms with van der Waals surface area (Å²) in [6.45, 7) is 8.00. The first-order valence-electron chi connectivity index (χ1n) is 7.27. The summed E-state index contributed by atoms with van der Waals surface area (Å²) in [5.74, 6) is 0. The second-order valence-corrected chi connectivity index (χ2v) is 5.70. The Morgan fingerprint density at radius 2 is 1.89 bits per heavy atom. The van der Waals surface area contributed by atoms with Gasteiger partial charge in [0.05, 0.1) is 0 Å². The predicted octanol–water partition coefficient (Wildman–Crippen LogP) is 2.39. The number of piperazine rings is 1. The van der Waals surface area contributed by atoms with Crippen LogP contribution in [-0.2, 0) is 6.42 Å². The molecule has 0 bridgehead atoms. The van der Waals surface area contributed by atoms with Crippen LogP contribution in [0.5, 0.6) is 0 Å². The average molecular weight is 257 g/mol. The zero-order chi connectivity index (χ0) is 13.2. The first kappa shape index (κ1) is 12.7. The van der Waals surface area contributed by atoms with E-state index >= 15 is 0 Å². The Hall–Kier alpha value is -1.32. The fraction of sp³-hybridized carbons (Fsp3) is 0.500. The third-order valence-electron chi connectivity index (χ3n) is 4.33. The minimum absolute atomic E-state index is 0.633. The first-order chi connectivity index (χ1) is 9.25. The van der Waals surface area contributed by atoms with E-state index in [0.29, 0.717) is 12.1 Å². The molecule has 1 aliphatic heterocycles. The smallest absolute Gasteiger partial charge is 0.0456 e. The van der Waals surface area contributed by atoms with Crippen LogP contribution < -0.4 is 5.32 Å². The normalized spacial score (nSPS) is 24.9. The Bertz CT molecular complexity index is 536. The van der Waals surface area contributed by atoms with Gasteiger partial charge in [-0.1, -0.05) is 18.2 Å². The number of hydrogen-bond donors (Lipinski definition) is 2. The lowest BCUT2D eigenvalue weighted by atomic mass is 10.1. The van der Waals surface area contributed by atoms with Crippen molar-refractivity contribution in [1.82, 2.24) is 15.2 Å². The van der Waals surface area contributed by atoms with Gasteiger partial charge < -0.3 is 10.3 Å². The van der Waals surface area contributed by atoms with Crippen LogP contribution in [0.15, 0.2) is 30.5 Å². The third-order valence-corrected chi connectivity index (χ3v) is 4.33. The maximum absolute atomic E-state index is 3.49. The maximum atomic E-state index is 3.49. The first-order valence-corrected chi connectivity index (χ1v) is 7.27. The van der Waals surface area contributed by atoms with E-state index < -0.39 is 0 Å². The van der Waals surface area contributed by atoms with Crippen molar-refractivity contribution in [1.29, 1.82) is 0 Å². The molecule has 1 aliphatic rings. The highest BCUT2D eigenvalue weighted by atomic mass is 15.2. The Morgan fingerprint density at radius 3 is 2.68 bits per heavy atom. The lowest BCUT2D eigenvalue weighted by Crippen LogP contribution is -2.55. The van der Waals surface area contributed by atoms with E-state index in [9.17, 15) is 0 Å². The molecular weight excluding hydrogens is 234 g/mol. The molecule has 3 heteroatoms. The van der Waals surface area contributed by atoms with Crippen LogP contribution in [0, 0.1) is 0 Å². The van der Waals surface area contributed by atoms with Gasteiger partial charge in [-0.15, -0.1) is 0 Å². The average Bonchev–Trinajstić information content (AvgIpc) is 2.82. The van der Waals surface area contributed by atoms with E-state index in [2.05, 4.69) is 59.5 Å². The molecular formula is C16H23N3. The molecule has 0 radical (unpaired) electrons. The molecule has 0 spiro atoms. The number of aromatic amines is 1. The van der Waals surface area contributed by atoms with Crippen LogP contribution in [0.3, 0.4) is 0 Å². The van der Waals surface area contributed by atoms with E-state index in [-0.39, 0.29) is 0 Å². The Labute approximate surface area is 115 Å². The van der Waals surface area contributed by atoms with Gasteiger partial charge in [-0.3, -0.25) is 4.90 Å². The van der Waals surface area contributed by atoms with Crippen LogP contribution in [0.1, 0.15) is 19.4 Å². The van der Waals surface area contributed by atoms with E-state index in [4.69, 9.17) is 0 Å². The van der Waals surface area contributed by atoms with Gasteiger partial charge in [0.15, 0.2) is 0 Å². The van der Waals surface area contributed by atoms with Crippen LogP contribution in [0.25, 0.3) is 10.9 Å². The summed E-state index contributed by atoms with van der Waals surface area (Å²) in [6, 6.07) is 9.84. The van der Waals surface area contributed by atoms with Crippen molar-refractivity contribution in [3.63, 3.8) is 0 Å². The summed E-state index contributed by atoms with van der Waals surface area (Å²) >= 11 is 0. The van der Waals surface area contributed by atoms with Crippen LogP contribution >= 0.6 is 0 Å². The zero-order valence-corrected chi connectivity index (χ0v) is 11.8. The lowest BCUT2D eigenvalue weighted by molar-refractivity contribution is 0.119. The number of H-pyrrole nitrogens is 1. The molecule has 0 aliphatic carbocycles. The molecule has 3 nitrogen and oxygen atoms in total. The van der Waals surface area contributed by atoms with Crippen molar-refractivity contribution in [3.05, 3.63) is 36.0 Å². The highest BCUT2D eigenvalue weighted by molar-refractivity contribution is 5.83. The SMILES string of the molecule is CC1CNCC(C)N1CCc1c[nH]c2ccccc12. The number of nitrogens with zero attached hydrogens (tertiary/aromatic N) is 1. The van der Waals surface area contributed by atoms with E-state index in [1.54, 1.807) is 0 Å². The molecule has 2 aromatic rings. The van der Waals surface area contributed by atoms with Crippen molar-refractivity contribution in [2.45, 2.75) is 32.4 Å². The van der Waals surface area contributed by atoms with Crippen molar-refractivity contribution < 1.29 is 0 Å². The molecule has 2 heterocycles. The van der Waals surface area contributed by atoms with Gasteiger partial charge in [0.25, 0.3) is 0 Å². The summed E-state index contributed by atoms with van der Waals surface area (Å²) in [5, 5.41) is 4.86. The molecule has 2 atom stereocenters. The summed E-state index contributed by atoms with van der Waals surface area (Å²) < 4.78 is 0. The summed E-state index contributed by atoms with van der Waals surface area (Å²) in [4.78, 5) is 5.99. The number of aromatic nitrogens is 1. The van der Waals surface area contributed by atoms with Crippen molar-refractivity contribution >= 4 is 10.9 Å². The largest absolute Gasteiger partial charge is 0.361 e. The van der Waals surface area contributed by atoms with Crippen molar-refractivity contribution in [2.75, 3.05) is 19.6 Å². The monoisotopic (exact) mass is 257 g/mol. The molecule has 1 fully saturated rings. The van der Waals surface area contributed by atoms with Crippen LogP contribution in [0.2, 0.25) is 0 Å². The highest BCUT2D eigenvalue weighted by Gasteiger charge is 2.23. The second kappa shape index (κ2) is 5.35. The maximum Gasteiger partial charge on any atom is 0.0456 e.